The first-order valence-corrected chi connectivity index (χ1v) is 8.56. The van der Waals surface area contributed by atoms with Crippen LogP contribution >= 0.6 is 0 Å². The van der Waals surface area contributed by atoms with Crippen molar-refractivity contribution in [2.75, 3.05) is 0 Å². The second-order valence-electron chi connectivity index (χ2n) is 7.14. The van der Waals surface area contributed by atoms with Crippen LogP contribution in [0, 0.1) is 35.2 Å². The lowest BCUT2D eigenvalue weighted by Crippen LogP contribution is -2.23. The minimum absolute atomic E-state index is 0.155. The van der Waals surface area contributed by atoms with E-state index in [9.17, 15) is 13.2 Å². The van der Waals surface area contributed by atoms with Gasteiger partial charge >= 0.3 is 0 Å². The van der Waals surface area contributed by atoms with Crippen LogP contribution in [0.25, 0.3) is 0 Å². The Bertz CT molecular complexity index is 474. The second-order valence-corrected chi connectivity index (χ2v) is 7.14. The molecular weight excluding hydrogens is 285 g/mol. The third-order valence-electron chi connectivity index (χ3n) is 5.57. The fourth-order valence-corrected chi connectivity index (χ4v) is 3.63. The second kappa shape index (κ2) is 7.52. The molecule has 0 N–H and O–H groups in total. The van der Waals surface area contributed by atoms with Crippen LogP contribution in [0.4, 0.5) is 13.2 Å². The summed E-state index contributed by atoms with van der Waals surface area (Å²) in [6.45, 7) is 6.76. The maximum absolute atomic E-state index is 13.5. The summed E-state index contributed by atoms with van der Waals surface area (Å²) in [5, 5.41) is 0. The molecule has 4 atom stereocenters. The van der Waals surface area contributed by atoms with Crippen molar-refractivity contribution in [1.82, 2.24) is 0 Å². The van der Waals surface area contributed by atoms with Gasteiger partial charge in [0.2, 0.25) is 0 Å². The molecule has 4 unspecified atom stereocenters. The van der Waals surface area contributed by atoms with Crippen molar-refractivity contribution in [1.29, 1.82) is 0 Å². The third kappa shape index (κ3) is 4.05. The minimum Gasteiger partial charge on any atom is -0.204 e. The monoisotopic (exact) mass is 312 g/mol. The standard InChI is InChI=1S/C19H27F3/c1-4-12(2)5-7-14-9-15(8-6-13(14)3)16-10-17(20)19(22)18(21)11-16/h10-15H,4-9H2,1-3H3. The maximum atomic E-state index is 13.5. The van der Waals surface area contributed by atoms with Crippen molar-refractivity contribution >= 4 is 0 Å². The van der Waals surface area contributed by atoms with Gasteiger partial charge in [-0.15, -0.1) is 0 Å². The molecule has 1 aromatic rings. The van der Waals surface area contributed by atoms with Crippen LogP contribution in [0.5, 0.6) is 0 Å². The Labute approximate surface area is 132 Å². The Balaban J connectivity index is 2.06. The van der Waals surface area contributed by atoms with Crippen LogP contribution in [0.1, 0.15) is 70.8 Å². The molecule has 1 aliphatic carbocycles. The van der Waals surface area contributed by atoms with Gasteiger partial charge in [-0.05, 0) is 67.1 Å². The summed E-state index contributed by atoms with van der Waals surface area (Å²) in [7, 11) is 0. The van der Waals surface area contributed by atoms with Crippen molar-refractivity contribution in [3.05, 3.63) is 35.1 Å². The summed E-state index contributed by atoms with van der Waals surface area (Å²) in [5.74, 6) is -1.34. The first-order chi connectivity index (χ1) is 10.4. The minimum atomic E-state index is -1.36. The molecule has 0 spiro atoms. The molecule has 0 nitrogen and oxygen atoms in total. The number of benzene rings is 1. The predicted molar refractivity (Wildman–Crippen MR) is 84.3 cm³/mol. The fourth-order valence-electron chi connectivity index (χ4n) is 3.63. The van der Waals surface area contributed by atoms with E-state index in [2.05, 4.69) is 20.8 Å². The number of rotatable bonds is 5. The van der Waals surface area contributed by atoms with Crippen LogP contribution < -0.4 is 0 Å². The van der Waals surface area contributed by atoms with Crippen molar-refractivity contribution in [3.8, 4) is 0 Å². The Hall–Kier alpha value is -0.990. The Morgan fingerprint density at radius 3 is 2.36 bits per heavy atom. The van der Waals surface area contributed by atoms with Gasteiger partial charge in [0, 0.05) is 0 Å². The molecule has 1 aliphatic rings. The summed E-state index contributed by atoms with van der Waals surface area (Å²) < 4.78 is 40.0. The molecule has 1 fully saturated rings. The summed E-state index contributed by atoms with van der Waals surface area (Å²) >= 11 is 0. The van der Waals surface area contributed by atoms with Crippen LogP contribution in [0.15, 0.2) is 12.1 Å². The smallest absolute Gasteiger partial charge is 0.194 e. The molecule has 22 heavy (non-hydrogen) atoms. The average molecular weight is 312 g/mol. The highest BCUT2D eigenvalue weighted by molar-refractivity contribution is 5.23. The molecule has 0 aromatic heterocycles. The zero-order valence-electron chi connectivity index (χ0n) is 13.8. The van der Waals surface area contributed by atoms with Gasteiger partial charge in [-0.3, -0.25) is 0 Å². The van der Waals surface area contributed by atoms with E-state index in [0.717, 1.165) is 25.2 Å². The van der Waals surface area contributed by atoms with Gasteiger partial charge in [-0.2, -0.15) is 0 Å². The highest BCUT2D eigenvalue weighted by atomic mass is 19.2. The highest BCUT2D eigenvalue weighted by Crippen LogP contribution is 2.42. The SMILES string of the molecule is CCC(C)CCC1CC(c2cc(F)c(F)c(F)c2)CCC1C. The molecule has 1 saturated carbocycles. The van der Waals surface area contributed by atoms with Gasteiger partial charge in [0.1, 0.15) is 0 Å². The third-order valence-corrected chi connectivity index (χ3v) is 5.57. The van der Waals surface area contributed by atoms with Crippen molar-refractivity contribution in [2.24, 2.45) is 17.8 Å². The summed E-state index contributed by atoms with van der Waals surface area (Å²) in [6, 6.07) is 2.37. The van der Waals surface area contributed by atoms with Gasteiger partial charge in [0.25, 0.3) is 0 Å². The van der Waals surface area contributed by atoms with E-state index >= 15 is 0 Å². The molecule has 0 bridgehead atoms. The van der Waals surface area contributed by atoms with E-state index in [-0.39, 0.29) is 5.92 Å². The Morgan fingerprint density at radius 1 is 1.14 bits per heavy atom. The quantitative estimate of drug-likeness (QED) is 0.548. The lowest BCUT2D eigenvalue weighted by molar-refractivity contribution is 0.206. The van der Waals surface area contributed by atoms with Gasteiger partial charge in [-0.25, -0.2) is 13.2 Å². The molecule has 0 amide bonds. The van der Waals surface area contributed by atoms with Crippen molar-refractivity contribution in [3.63, 3.8) is 0 Å². The van der Waals surface area contributed by atoms with Crippen LogP contribution in [0.2, 0.25) is 0 Å². The maximum Gasteiger partial charge on any atom is 0.194 e. The lowest BCUT2D eigenvalue weighted by atomic mass is 9.70. The molecule has 0 aliphatic heterocycles. The number of hydrogen-bond donors (Lipinski definition) is 0. The molecule has 0 saturated heterocycles. The molecule has 1 aromatic carbocycles. The topological polar surface area (TPSA) is 0 Å². The van der Waals surface area contributed by atoms with E-state index in [4.69, 9.17) is 0 Å². The largest absolute Gasteiger partial charge is 0.204 e. The normalized spacial score (nSPS) is 26.9. The number of hydrogen-bond acceptors (Lipinski definition) is 0. The first kappa shape index (κ1) is 17.4. The average Bonchev–Trinajstić information content (AvgIpc) is 2.50. The van der Waals surface area contributed by atoms with E-state index in [1.165, 1.54) is 31.4 Å². The van der Waals surface area contributed by atoms with Crippen molar-refractivity contribution in [2.45, 2.75) is 65.2 Å². The molecule has 3 heteroatoms. The zero-order chi connectivity index (χ0) is 16.3. The number of halogens is 3. The van der Waals surface area contributed by atoms with E-state index in [1.54, 1.807) is 0 Å². The van der Waals surface area contributed by atoms with Crippen LogP contribution in [-0.4, -0.2) is 0 Å². The predicted octanol–water partition coefficient (Wildman–Crippen LogP) is 6.45. The molecule has 0 radical (unpaired) electrons. The molecule has 124 valence electrons. The summed E-state index contributed by atoms with van der Waals surface area (Å²) in [5.41, 5.74) is 0.622. The first-order valence-electron chi connectivity index (χ1n) is 8.56. The van der Waals surface area contributed by atoms with Crippen LogP contribution in [-0.2, 0) is 0 Å². The van der Waals surface area contributed by atoms with Gasteiger partial charge in [0.05, 0.1) is 0 Å². The summed E-state index contributed by atoms with van der Waals surface area (Å²) in [4.78, 5) is 0. The Kier molecular flexibility index (Phi) is 5.94. The Morgan fingerprint density at radius 2 is 1.77 bits per heavy atom. The fraction of sp³-hybridized carbons (Fsp3) is 0.684. The molecule has 0 heterocycles. The van der Waals surface area contributed by atoms with Gasteiger partial charge in [0.15, 0.2) is 17.5 Å². The van der Waals surface area contributed by atoms with Crippen LogP contribution in [0.3, 0.4) is 0 Å². The zero-order valence-corrected chi connectivity index (χ0v) is 13.8. The molecule has 2 rings (SSSR count). The van der Waals surface area contributed by atoms with Crippen molar-refractivity contribution < 1.29 is 13.2 Å². The van der Waals surface area contributed by atoms with Gasteiger partial charge < -0.3 is 0 Å². The van der Waals surface area contributed by atoms with E-state index in [1.807, 2.05) is 0 Å². The van der Waals surface area contributed by atoms with E-state index in [0.29, 0.717) is 17.4 Å². The lowest BCUT2D eigenvalue weighted by Gasteiger charge is -2.35. The molecular formula is C19H27F3. The highest BCUT2D eigenvalue weighted by Gasteiger charge is 2.29. The van der Waals surface area contributed by atoms with Gasteiger partial charge in [-0.1, -0.05) is 33.6 Å². The van der Waals surface area contributed by atoms with E-state index < -0.39 is 17.5 Å². The summed E-state index contributed by atoms with van der Waals surface area (Å²) in [6.07, 6.45) is 6.56.